The molecule has 0 aliphatic heterocycles. The maximum absolute atomic E-state index is 11.0. The van der Waals surface area contributed by atoms with E-state index in [4.69, 9.17) is 16.2 Å². The van der Waals surface area contributed by atoms with Gasteiger partial charge in [-0.3, -0.25) is 4.79 Å². The summed E-state index contributed by atoms with van der Waals surface area (Å²) >= 11 is 0. The molecule has 0 radical (unpaired) electrons. The van der Waals surface area contributed by atoms with E-state index in [1.54, 1.807) is 38.1 Å². The lowest BCUT2D eigenvalue weighted by Crippen LogP contribution is -2.43. The highest BCUT2D eigenvalue weighted by atomic mass is 16.5. The fourth-order valence-electron chi connectivity index (χ4n) is 0.881. The molecule has 0 saturated carbocycles. The van der Waals surface area contributed by atoms with Gasteiger partial charge in [0.2, 0.25) is 0 Å². The lowest BCUT2D eigenvalue weighted by atomic mass is 10.1. The van der Waals surface area contributed by atoms with Crippen LogP contribution in [0.4, 0.5) is 5.69 Å². The van der Waals surface area contributed by atoms with Crippen LogP contribution in [0.1, 0.15) is 13.8 Å². The Hall–Kier alpha value is -1.71. The number of carbonyl (C=O) groups is 1. The van der Waals surface area contributed by atoms with Gasteiger partial charge in [-0.05, 0) is 38.1 Å². The summed E-state index contributed by atoms with van der Waals surface area (Å²) < 4.78 is 5.39. The molecule has 1 rings (SSSR count). The van der Waals surface area contributed by atoms with Crippen molar-refractivity contribution in [3.05, 3.63) is 24.3 Å². The number of rotatable bonds is 3. The van der Waals surface area contributed by atoms with Gasteiger partial charge in [0.15, 0.2) is 5.60 Å². The zero-order chi connectivity index (χ0) is 10.8. The normalized spacial score (nSPS) is 11.0. The quantitative estimate of drug-likeness (QED) is 0.702. The van der Waals surface area contributed by atoms with Gasteiger partial charge in [-0.1, -0.05) is 0 Å². The summed E-state index contributed by atoms with van der Waals surface area (Å²) in [6, 6.07) is 6.79. The van der Waals surface area contributed by atoms with E-state index in [0.717, 1.165) is 0 Å². The van der Waals surface area contributed by atoms with Crippen LogP contribution in [0.15, 0.2) is 24.3 Å². The average Bonchev–Trinajstić information content (AvgIpc) is 2.08. The van der Waals surface area contributed by atoms with Gasteiger partial charge in [0.1, 0.15) is 5.75 Å². The number of anilines is 1. The lowest BCUT2D eigenvalue weighted by Gasteiger charge is -2.22. The van der Waals surface area contributed by atoms with E-state index < -0.39 is 11.5 Å². The molecule has 4 nitrogen and oxygen atoms in total. The second-order valence-corrected chi connectivity index (χ2v) is 3.55. The number of ether oxygens (including phenoxy) is 1. The minimum absolute atomic E-state index is 0.505. The van der Waals surface area contributed by atoms with Crippen molar-refractivity contribution in [2.24, 2.45) is 5.73 Å². The summed E-state index contributed by atoms with van der Waals surface area (Å²) in [5.41, 5.74) is 10.3. The first-order chi connectivity index (χ1) is 6.42. The van der Waals surface area contributed by atoms with Crippen LogP contribution >= 0.6 is 0 Å². The Bertz CT molecular complexity index is 330. The highest BCUT2D eigenvalue weighted by molar-refractivity contribution is 5.82. The van der Waals surface area contributed by atoms with Crippen LogP contribution in [0.25, 0.3) is 0 Å². The largest absolute Gasteiger partial charge is 0.478 e. The highest BCUT2D eigenvalue weighted by Gasteiger charge is 2.26. The molecular formula is C10H14N2O2. The Labute approximate surface area is 82.8 Å². The molecular weight excluding hydrogens is 180 g/mol. The van der Waals surface area contributed by atoms with Crippen LogP contribution in [0.2, 0.25) is 0 Å². The molecule has 4 N–H and O–H groups in total. The van der Waals surface area contributed by atoms with Crippen molar-refractivity contribution < 1.29 is 9.53 Å². The smallest absolute Gasteiger partial charge is 0.261 e. The standard InChI is InChI=1S/C10H14N2O2/c1-10(2,9(12)13)14-8-5-3-7(11)4-6-8/h3-6H,11H2,1-2H3,(H2,12,13). The fraction of sp³-hybridized carbons (Fsp3) is 0.300. The second kappa shape index (κ2) is 3.57. The lowest BCUT2D eigenvalue weighted by molar-refractivity contribution is -0.130. The van der Waals surface area contributed by atoms with Crippen molar-refractivity contribution in [2.45, 2.75) is 19.4 Å². The van der Waals surface area contributed by atoms with E-state index >= 15 is 0 Å². The Kier molecular flexibility index (Phi) is 2.65. The summed E-state index contributed by atoms with van der Waals surface area (Å²) in [5.74, 6) is 0.0670. The minimum Gasteiger partial charge on any atom is -0.478 e. The topological polar surface area (TPSA) is 78.3 Å². The van der Waals surface area contributed by atoms with Crippen molar-refractivity contribution >= 4 is 11.6 Å². The zero-order valence-corrected chi connectivity index (χ0v) is 8.28. The molecule has 0 heterocycles. The first-order valence-corrected chi connectivity index (χ1v) is 4.26. The van der Waals surface area contributed by atoms with Gasteiger partial charge in [-0.2, -0.15) is 0 Å². The molecule has 0 fully saturated rings. The maximum atomic E-state index is 11.0. The number of benzene rings is 1. The fourth-order valence-corrected chi connectivity index (χ4v) is 0.881. The van der Waals surface area contributed by atoms with Crippen LogP contribution in [0.3, 0.4) is 0 Å². The Balaban J connectivity index is 2.79. The number of nitrogen functional groups attached to an aromatic ring is 1. The predicted molar refractivity (Wildman–Crippen MR) is 54.8 cm³/mol. The average molecular weight is 194 g/mol. The molecule has 1 amide bonds. The van der Waals surface area contributed by atoms with Crippen LogP contribution < -0.4 is 16.2 Å². The van der Waals surface area contributed by atoms with Crippen molar-refractivity contribution in [1.82, 2.24) is 0 Å². The molecule has 0 unspecified atom stereocenters. The summed E-state index contributed by atoms with van der Waals surface area (Å²) in [6.07, 6.45) is 0. The minimum atomic E-state index is -1.00. The molecule has 76 valence electrons. The second-order valence-electron chi connectivity index (χ2n) is 3.55. The number of carbonyl (C=O) groups excluding carboxylic acids is 1. The van der Waals surface area contributed by atoms with Crippen molar-refractivity contribution in [3.8, 4) is 5.75 Å². The summed E-state index contributed by atoms with van der Waals surface area (Å²) in [7, 11) is 0. The third-order valence-corrected chi connectivity index (χ3v) is 1.85. The number of hydrogen-bond acceptors (Lipinski definition) is 3. The molecule has 0 aromatic heterocycles. The van der Waals surface area contributed by atoms with E-state index in [0.29, 0.717) is 11.4 Å². The van der Waals surface area contributed by atoms with E-state index in [-0.39, 0.29) is 0 Å². The van der Waals surface area contributed by atoms with Crippen molar-refractivity contribution in [1.29, 1.82) is 0 Å². The molecule has 4 heteroatoms. The number of primary amides is 1. The van der Waals surface area contributed by atoms with Crippen LogP contribution in [-0.4, -0.2) is 11.5 Å². The molecule has 0 aliphatic carbocycles. The number of nitrogens with two attached hydrogens (primary N) is 2. The van der Waals surface area contributed by atoms with Crippen LogP contribution in [-0.2, 0) is 4.79 Å². The van der Waals surface area contributed by atoms with Gasteiger partial charge in [0.05, 0.1) is 0 Å². The van der Waals surface area contributed by atoms with Gasteiger partial charge in [-0.25, -0.2) is 0 Å². The molecule has 0 aliphatic rings. The monoisotopic (exact) mass is 194 g/mol. The molecule has 14 heavy (non-hydrogen) atoms. The summed E-state index contributed by atoms with van der Waals surface area (Å²) in [4.78, 5) is 11.0. The van der Waals surface area contributed by atoms with Crippen molar-refractivity contribution in [2.75, 3.05) is 5.73 Å². The van der Waals surface area contributed by atoms with Crippen LogP contribution in [0, 0.1) is 0 Å². The Morgan fingerprint density at radius 3 is 2.21 bits per heavy atom. The molecule has 0 bridgehead atoms. The molecule has 0 spiro atoms. The third-order valence-electron chi connectivity index (χ3n) is 1.85. The highest BCUT2D eigenvalue weighted by Crippen LogP contribution is 2.19. The molecule has 1 aromatic carbocycles. The van der Waals surface area contributed by atoms with Gasteiger partial charge in [-0.15, -0.1) is 0 Å². The maximum Gasteiger partial charge on any atom is 0.261 e. The Morgan fingerprint density at radius 2 is 1.79 bits per heavy atom. The number of hydrogen-bond donors (Lipinski definition) is 2. The van der Waals surface area contributed by atoms with Gasteiger partial charge < -0.3 is 16.2 Å². The Morgan fingerprint density at radius 1 is 1.29 bits per heavy atom. The summed E-state index contributed by atoms with van der Waals surface area (Å²) in [6.45, 7) is 3.23. The molecule has 0 saturated heterocycles. The van der Waals surface area contributed by atoms with Crippen molar-refractivity contribution in [3.63, 3.8) is 0 Å². The molecule has 0 atom stereocenters. The third kappa shape index (κ3) is 2.39. The summed E-state index contributed by atoms with van der Waals surface area (Å²) in [5, 5.41) is 0. The van der Waals surface area contributed by atoms with E-state index in [1.165, 1.54) is 0 Å². The molecule has 1 aromatic rings. The first-order valence-electron chi connectivity index (χ1n) is 4.26. The number of amides is 1. The zero-order valence-electron chi connectivity index (χ0n) is 8.28. The SMILES string of the molecule is CC(C)(Oc1ccc(N)cc1)C(N)=O. The van der Waals surface area contributed by atoms with E-state index in [1.807, 2.05) is 0 Å². The van der Waals surface area contributed by atoms with Crippen LogP contribution in [0.5, 0.6) is 5.75 Å². The first kappa shape index (κ1) is 10.4. The predicted octanol–water partition coefficient (Wildman–Crippen LogP) is 0.911. The van der Waals surface area contributed by atoms with Gasteiger partial charge in [0, 0.05) is 5.69 Å². The van der Waals surface area contributed by atoms with Gasteiger partial charge >= 0.3 is 0 Å². The van der Waals surface area contributed by atoms with E-state index in [2.05, 4.69) is 0 Å². The van der Waals surface area contributed by atoms with E-state index in [9.17, 15) is 4.79 Å². The van der Waals surface area contributed by atoms with Gasteiger partial charge in [0.25, 0.3) is 5.91 Å².